The molecule has 1 aliphatic rings. The van der Waals surface area contributed by atoms with E-state index in [-0.39, 0.29) is 11.9 Å². The Labute approximate surface area is 110 Å². The largest absolute Gasteiger partial charge is 0.379 e. The molecular formula is C13H27N3O2. The van der Waals surface area contributed by atoms with Crippen LogP contribution >= 0.6 is 0 Å². The number of rotatable bonds is 7. The van der Waals surface area contributed by atoms with Crippen LogP contribution in [0.4, 0.5) is 0 Å². The molecule has 1 atom stereocenters. The van der Waals surface area contributed by atoms with E-state index in [1.54, 1.807) is 0 Å². The van der Waals surface area contributed by atoms with E-state index in [1.165, 1.54) is 0 Å². The molecule has 0 aliphatic carbocycles. The molecule has 0 saturated carbocycles. The average molecular weight is 257 g/mol. The van der Waals surface area contributed by atoms with Crippen molar-refractivity contribution in [3.63, 3.8) is 0 Å². The molecule has 3 N–H and O–H groups in total. The van der Waals surface area contributed by atoms with Gasteiger partial charge in [-0.15, -0.1) is 0 Å². The third-order valence-electron chi connectivity index (χ3n) is 3.12. The molecule has 18 heavy (non-hydrogen) atoms. The van der Waals surface area contributed by atoms with Gasteiger partial charge in [0.15, 0.2) is 0 Å². The topological polar surface area (TPSA) is 67.6 Å². The first-order valence-corrected chi connectivity index (χ1v) is 6.93. The maximum atomic E-state index is 11.7. The Hall–Kier alpha value is -0.650. The van der Waals surface area contributed by atoms with Crippen molar-refractivity contribution in [2.24, 2.45) is 11.7 Å². The number of amides is 1. The Morgan fingerprint density at radius 1 is 1.39 bits per heavy atom. The van der Waals surface area contributed by atoms with Gasteiger partial charge in [-0.2, -0.15) is 0 Å². The van der Waals surface area contributed by atoms with Crippen LogP contribution < -0.4 is 11.1 Å². The van der Waals surface area contributed by atoms with Gasteiger partial charge in [0.05, 0.1) is 19.3 Å². The number of nitrogens with zero attached hydrogens (tertiary/aromatic N) is 1. The molecule has 0 unspecified atom stereocenters. The second kappa shape index (κ2) is 8.45. The van der Waals surface area contributed by atoms with E-state index in [2.05, 4.69) is 24.1 Å². The van der Waals surface area contributed by atoms with E-state index in [4.69, 9.17) is 10.5 Å². The molecule has 1 heterocycles. The van der Waals surface area contributed by atoms with Crippen molar-refractivity contribution < 1.29 is 9.53 Å². The molecule has 1 rings (SSSR count). The first kappa shape index (κ1) is 15.4. The molecule has 5 heteroatoms. The van der Waals surface area contributed by atoms with Crippen LogP contribution in [0.1, 0.15) is 26.7 Å². The van der Waals surface area contributed by atoms with Gasteiger partial charge in [0.1, 0.15) is 0 Å². The molecule has 1 saturated heterocycles. The van der Waals surface area contributed by atoms with Crippen LogP contribution in [-0.4, -0.2) is 56.2 Å². The molecule has 5 nitrogen and oxygen atoms in total. The van der Waals surface area contributed by atoms with Crippen LogP contribution in [0, 0.1) is 5.92 Å². The summed E-state index contributed by atoms with van der Waals surface area (Å²) in [6, 6.07) is -0.367. The number of ether oxygens (including phenoxy) is 1. The zero-order valence-corrected chi connectivity index (χ0v) is 11.7. The molecule has 0 aromatic rings. The average Bonchev–Trinajstić information content (AvgIpc) is 2.34. The van der Waals surface area contributed by atoms with Crippen molar-refractivity contribution in [1.29, 1.82) is 0 Å². The van der Waals surface area contributed by atoms with Gasteiger partial charge in [-0.05, 0) is 25.3 Å². The van der Waals surface area contributed by atoms with Gasteiger partial charge in [0.2, 0.25) is 5.91 Å². The van der Waals surface area contributed by atoms with E-state index in [1.807, 2.05) is 0 Å². The standard InChI is InChI=1S/C13H27N3O2/c1-11(2)10-12(14)13(17)15-4-3-5-16-6-8-18-9-7-16/h11-12H,3-10,14H2,1-2H3,(H,15,17)/t12-/m0/s1. The summed E-state index contributed by atoms with van der Waals surface area (Å²) in [6.45, 7) is 9.53. The van der Waals surface area contributed by atoms with Crippen LogP contribution in [0.3, 0.4) is 0 Å². The highest BCUT2D eigenvalue weighted by Crippen LogP contribution is 2.02. The van der Waals surface area contributed by atoms with Crippen molar-refractivity contribution in [1.82, 2.24) is 10.2 Å². The van der Waals surface area contributed by atoms with Crippen molar-refractivity contribution in [2.75, 3.05) is 39.4 Å². The lowest BCUT2D eigenvalue weighted by Gasteiger charge is -2.26. The molecule has 1 amide bonds. The monoisotopic (exact) mass is 257 g/mol. The Bertz CT molecular complexity index is 240. The summed E-state index contributed by atoms with van der Waals surface area (Å²) < 4.78 is 5.28. The fourth-order valence-corrected chi connectivity index (χ4v) is 2.09. The highest BCUT2D eigenvalue weighted by Gasteiger charge is 2.14. The Kier molecular flexibility index (Phi) is 7.23. The maximum absolute atomic E-state index is 11.7. The Morgan fingerprint density at radius 2 is 2.06 bits per heavy atom. The number of carbonyl (C=O) groups excluding carboxylic acids is 1. The van der Waals surface area contributed by atoms with Crippen molar-refractivity contribution >= 4 is 5.91 Å². The van der Waals surface area contributed by atoms with Gasteiger partial charge in [-0.1, -0.05) is 13.8 Å². The number of carbonyl (C=O) groups is 1. The predicted octanol–water partition coefficient (Wildman–Crippen LogP) is 0.198. The zero-order chi connectivity index (χ0) is 13.4. The number of morpholine rings is 1. The summed E-state index contributed by atoms with van der Waals surface area (Å²) >= 11 is 0. The molecule has 0 radical (unpaired) electrons. The summed E-state index contributed by atoms with van der Waals surface area (Å²) in [5.41, 5.74) is 5.80. The van der Waals surface area contributed by atoms with Gasteiger partial charge in [-0.25, -0.2) is 0 Å². The first-order valence-electron chi connectivity index (χ1n) is 6.93. The van der Waals surface area contributed by atoms with Crippen molar-refractivity contribution in [2.45, 2.75) is 32.7 Å². The smallest absolute Gasteiger partial charge is 0.236 e. The minimum atomic E-state index is -0.367. The van der Waals surface area contributed by atoms with Crippen molar-refractivity contribution in [3.05, 3.63) is 0 Å². The number of nitrogens with one attached hydrogen (secondary N) is 1. The van der Waals surface area contributed by atoms with E-state index in [0.717, 1.165) is 45.7 Å². The zero-order valence-electron chi connectivity index (χ0n) is 11.7. The van der Waals surface area contributed by atoms with E-state index in [0.29, 0.717) is 12.5 Å². The molecule has 0 bridgehead atoms. The van der Waals surface area contributed by atoms with Crippen LogP contribution in [0.15, 0.2) is 0 Å². The fraction of sp³-hybridized carbons (Fsp3) is 0.923. The van der Waals surface area contributed by atoms with Gasteiger partial charge < -0.3 is 15.8 Å². The van der Waals surface area contributed by atoms with Gasteiger partial charge in [0, 0.05) is 19.6 Å². The highest BCUT2D eigenvalue weighted by molar-refractivity contribution is 5.81. The predicted molar refractivity (Wildman–Crippen MR) is 72.3 cm³/mol. The molecular weight excluding hydrogens is 230 g/mol. The summed E-state index contributed by atoms with van der Waals surface area (Å²) in [5, 5.41) is 2.91. The molecule has 0 spiro atoms. The lowest BCUT2D eigenvalue weighted by molar-refractivity contribution is -0.122. The minimum absolute atomic E-state index is 0.0225. The SMILES string of the molecule is CC(C)C[C@H](N)C(=O)NCCCN1CCOCC1. The van der Waals surface area contributed by atoms with Crippen LogP contribution in [0.2, 0.25) is 0 Å². The summed E-state index contributed by atoms with van der Waals surface area (Å²) in [5.74, 6) is 0.435. The Balaban J connectivity index is 2.04. The minimum Gasteiger partial charge on any atom is -0.379 e. The maximum Gasteiger partial charge on any atom is 0.236 e. The summed E-state index contributed by atoms with van der Waals surface area (Å²) in [7, 11) is 0. The Morgan fingerprint density at radius 3 is 2.67 bits per heavy atom. The third kappa shape index (κ3) is 6.33. The van der Waals surface area contributed by atoms with Gasteiger partial charge in [0.25, 0.3) is 0 Å². The third-order valence-corrected chi connectivity index (χ3v) is 3.12. The van der Waals surface area contributed by atoms with Crippen molar-refractivity contribution in [3.8, 4) is 0 Å². The first-order chi connectivity index (χ1) is 8.59. The number of hydrogen-bond acceptors (Lipinski definition) is 4. The summed E-state index contributed by atoms with van der Waals surface area (Å²) in [6.07, 6.45) is 1.72. The van der Waals surface area contributed by atoms with E-state index in [9.17, 15) is 4.79 Å². The molecule has 0 aromatic heterocycles. The second-order valence-electron chi connectivity index (χ2n) is 5.33. The molecule has 1 fully saturated rings. The molecule has 0 aromatic carbocycles. The van der Waals surface area contributed by atoms with E-state index >= 15 is 0 Å². The van der Waals surface area contributed by atoms with Crippen LogP contribution in [-0.2, 0) is 9.53 Å². The summed E-state index contributed by atoms with van der Waals surface area (Å²) in [4.78, 5) is 14.0. The van der Waals surface area contributed by atoms with Crippen LogP contribution in [0.25, 0.3) is 0 Å². The second-order valence-corrected chi connectivity index (χ2v) is 5.33. The molecule has 1 aliphatic heterocycles. The molecule has 106 valence electrons. The number of nitrogens with two attached hydrogens (primary N) is 1. The van der Waals surface area contributed by atoms with Crippen LogP contribution in [0.5, 0.6) is 0 Å². The van der Waals surface area contributed by atoms with Gasteiger partial charge >= 0.3 is 0 Å². The lowest BCUT2D eigenvalue weighted by atomic mass is 10.0. The van der Waals surface area contributed by atoms with E-state index < -0.39 is 0 Å². The lowest BCUT2D eigenvalue weighted by Crippen LogP contribution is -2.43. The highest BCUT2D eigenvalue weighted by atomic mass is 16.5. The number of hydrogen-bond donors (Lipinski definition) is 2. The van der Waals surface area contributed by atoms with Gasteiger partial charge in [-0.3, -0.25) is 9.69 Å². The normalized spacial score (nSPS) is 18.9. The quantitative estimate of drug-likeness (QED) is 0.639. The fourth-order valence-electron chi connectivity index (χ4n) is 2.09.